The van der Waals surface area contributed by atoms with Gasteiger partial charge in [-0.15, -0.1) is 0 Å². The molecule has 3 aromatic rings. The summed E-state index contributed by atoms with van der Waals surface area (Å²) in [5.74, 6) is -6.23. The predicted molar refractivity (Wildman–Crippen MR) is 121 cm³/mol. The number of carboxylic acid groups (broad SMARTS) is 4. The maximum atomic E-state index is 9.10. The second kappa shape index (κ2) is 13.4. The van der Waals surface area contributed by atoms with Crippen LogP contribution in [-0.4, -0.2) is 95.2 Å². The summed E-state index contributed by atoms with van der Waals surface area (Å²) in [5.41, 5.74) is 3.47. The van der Waals surface area contributed by atoms with Gasteiger partial charge in [-0.25, -0.2) is 24.2 Å². The lowest BCUT2D eigenvalue weighted by Crippen LogP contribution is -2.45. The number of H-pyrrole nitrogens is 1. The fourth-order valence-corrected chi connectivity index (χ4v) is 3.15. The highest BCUT2D eigenvalue weighted by molar-refractivity contribution is 6.27. The maximum absolute atomic E-state index is 9.10. The van der Waals surface area contributed by atoms with Crippen LogP contribution < -0.4 is 0 Å². The van der Waals surface area contributed by atoms with Gasteiger partial charge in [0.25, 0.3) is 0 Å². The van der Waals surface area contributed by atoms with E-state index in [2.05, 4.69) is 43.0 Å². The number of hydrogen-bond donors (Lipinski definition) is 5. The average molecular weight is 487 g/mol. The van der Waals surface area contributed by atoms with E-state index in [1.807, 2.05) is 30.6 Å². The number of aromatic amines is 1. The molecule has 0 bridgehead atoms. The Bertz CT molecular complexity index is 1060. The Balaban J connectivity index is 0.000000301. The number of imidazole rings is 1. The van der Waals surface area contributed by atoms with Gasteiger partial charge in [-0.05, 0) is 23.8 Å². The summed E-state index contributed by atoms with van der Waals surface area (Å²) in [6.45, 7) is 6.24. The van der Waals surface area contributed by atoms with E-state index >= 15 is 0 Å². The van der Waals surface area contributed by atoms with Crippen LogP contribution in [0.1, 0.15) is 11.4 Å². The molecule has 1 fully saturated rings. The third-order valence-corrected chi connectivity index (χ3v) is 4.77. The van der Waals surface area contributed by atoms with Crippen molar-refractivity contribution in [2.24, 2.45) is 0 Å². The van der Waals surface area contributed by atoms with E-state index in [0.717, 1.165) is 56.1 Å². The largest absolute Gasteiger partial charge is 0.473 e. The van der Waals surface area contributed by atoms with Crippen LogP contribution in [-0.2, 0) is 32.3 Å². The summed E-state index contributed by atoms with van der Waals surface area (Å²) in [7, 11) is 0. The van der Waals surface area contributed by atoms with Crippen molar-refractivity contribution < 1.29 is 39.6 Å². The molecular weight excluding hydrogens is 462 g/mol. The number of aliphatic carboxylic acids is 4. The molecule has 0 atom stereocenters. The number of carboxylic acids is 4. The number of nitrogens with one attached hydrogen (secondary N) is 1. The zero-order valence-electron chi connectivity index (χ0n) is 18.6. The molecule has 1 aliphatic rings. The molecule has 0 unspecified atom stereocenters. The molecule has 13 heteroatoms. The van der Waals surface area contributed by atoms with Gasteiger partial charge in [0.1, 0.15) is 5.82 Å². The van der Waals surface area contributed by atoms with Crippen molar-refractivity contribution in [2.75, 3.05) is 26.2 Å². The van der Waals surface area contributed by atoms with Gasteiger partial charge in [-0.3, -0.25) is 14.8 Å². The summed E-state index contributed by atoms with van der Waals surface area (Å²) in [4.78, 5) is 53.6. The minimum absolute atomic E-state index is 0.898. The van der Waals surface area contributed by atoms with Crippen molar-refractivity contribution in [1.82, 2.24) is 24.8 Å². The average Bonchev–Trinajstić information content (AvgIpc) is 3.24. The molecule has 35 heavy (non-hydrogen) atoms. The van der Waals surface area contributed by atoms with Gasteiger partial charge in [-0.2, -0.15) is 0 Å². The van der Waals surface area contributed by atoms with Crippen molar-refractivity contribution in [1.29, 1.82) is 0 Å². The quantitative estimate of drug-likeness (QED) is 0.322. The fourth-order valence-electron chi connectivity index (χ4n) is 3.15. The Kier molecular flexibility index (Phi) is 10.3. The van der Waals surface area contributed by atoms with E-state index in [0.29, 0.717) is 0 Å². The van der Waals surface area contributed by atoms with Crippen LogP contribution >= 0.6 is 0 Å². The van der Waals surface area contributed by atoms with E-state index in [1.165, 1.54) is 5.56 Å². The zero-order valence-corrected chi connectivity index (χ0v) is 18.6. The molecule has 13 nitrogen and oxygen atoms in total. The molecule has 3 heterocycles. The Morgan fingerprint density at radius 2 is 1.31 bits per heavy atom. The smallest absolute Gasteiger partial charge is 0.414 e. The van der Waals surface area contributed by atoms with Gasteiger partial charge in [0.2, 0.25) is 0 Å². The molecule has 0 spiro atoms. The monoisotopic (exact) mass is 487 g/mol. The summed E-state index contributed by atoms with van der Waals surface area (Å²) in [5, 5.41) is 29.6. The first-order chi connectivity index (χ1) is 16.7. The molecule has 0 saturated carbocycles. The number of carbonyl (C=O) groups is 4. The summed E-state index contributed by atoms with van der Waals surface area (Å²) >= 11 is 0. The zero-order chi connectivity index (χ0) is 25.8. The minimum Gasteiger partial charge on any atom is -0.473 e. The summed E-state index contributed by atoms with van der Waals surface area (Å²) in [6, 6.07) is 12.4. The van der Waals surface area contributed by atoms with Gasteiger partial charge in [0, 0.05) is 45.1 Å². The first-order valence-corrected chi connectivity index (χ1v) is 10.4. The molecule has 1 aliphatic heterocycles. The van der Waals surface area contributed by atoms with Crippen molar-refractivity contribution in [3.8, 4) is 0 Å². The van der Waals surface area contributed by atoms with Crippen LogP contribution in [0.5, 0.6) is 0 Å². The van der Waals surface area contributed by atoms with E-state index in [4.69, 9.17) is 39.6 Å². The second-order valence-corrected chi connectivity index (χ2v) is 7.33. The third kappa shape index (κ3) is 9.57. The number of fused-ring (bicyclic) bond motifs is 1. The van der Waals surface area contributed by atoms with Crippen molar-refractivity contribution in [3.63, 3.8) is 0 Å². The first kappa shape index (κ1) is 26.9. The molecule has 0 radical (unpaired) electrons. The van der Waals surface area contributed by atoms with Crippen molar-refractivity contribution in [2.45, 2.75) is 13.1 Å². The highest BCUT2D eigenvalue weighted by Gasteiger charge is 2.18. The lowest BCUT2D eigenvalue weighted by Gasteiger charge is -2.34. The lowest BCUT2D eigenvalue weighted by atomic mass is 10.2. The number of piperazine rings is 1. The van der Waals surface area contributed by atoms with Crippen LogP contribution in [0.2, 0.25) is 0 Å². The number of pyridine rings is 1. The van der Waals surface area contributed by atoms with Crippen molar-refractivity contribution >= 4 is 34.9 Å². The van der Waals surface area contributed by atoms with E-state index in [9.17, 15) is 0 Å². The topological polar surface area (TPSA) is 197 Å². The SMILES string of the molecule is O=C(O)C(=O)O.O=C(O)C(=O)O.c1cncc(CN2CCN(Cc3nc4ccccc4[nH]3)CC2)c1. The van der Waals surface area contributed by atoms with E-state index < -0.39 is 23.9 Å². The lowest BCUT2D eigenvalue weighted by molar-refractivity contribution is -0.159. The van der Waals surface area contributed by atoms with Gasteiger partial charge in [0.05, 0.1) is 17.6 Å². The Morgan fingerprint density at radius 1 is 0.771 bits per heavy atom. The Labute approximate surface area is 199 Å². The van der Waals surface area contributed by atoms with Gasteiger partial charge < -0.3 is 25.4 Å². The molecule has 0 aliphatic carbocycles. The predicted octanol–water partition coefficient (Wildman–Crippen LogP) is 0.587. The standard InChI is InChI=1S/C18H21N5.2C2H2O4/c1-2-6-17-16(5-1)20-18(21-17)14-23-10-8-22(9-11-23)13-15-4-3-7-19-12-15;2*3-1(4)2(5)6/h1-7,12H,8-11,13-14H2,(H,20,21);2*(H,3,4)(H,5,6). The maximum Gasteiger partial charge on any atom is 0.414 e. The number of para-hydroxylation sites is 2. The highest BCUT2D eigenvalue weighted by atomic mass is 16.4. The third-order valence-electron chi connectivity index (χ3n) is 4.77. The number of hydrogen-bond acceptors (Lipinski definition) is 8. The van der Waals surface area contributed by atoms with Crippen LogP contribution in [0.3, 0.4) is 0 Å². The molecule has 186 valence electrons. The summed E-state index contributed by atoms with van der Waals surface area (Å²) < 4.78 is 0. The van der Waals surface area contributed by atoms with Crippen LogP contribution in [0.15, 0.2) is 48.8 Å². The van der Waals surface area contributed by atoms with Gasteiger partial charge in [-0.1, -0.05) is 18.2 Å². The van der Waals surface area contributed by atoms with Crippen LogP contribution in [0, 0.1) is 0 Å². The Hall–Kier alpha value is -4.36. The van der Waals surface area contributed by atoms with E-state index in [-0.39, 0.29) is 0 Å². The fraction of sp³-hybridized carbons (Fsp3) is 0.273. The molecule has 5 N–H and O–H groups in total. The van der Waals surface area contributed by atoms with Gasteiger partial charge in [0.15, 0.2) is 0 Å². The normalized spacial score (nSPS) is 13.6. The first-order valence-electron chi connectivity index (χ1n) is 10.4. The number of rotatable bonds is 4. The van der Waals surface area contributed by atoms with E-state index in [1.54, 1.807) is 0 Å². The molecule has 1 saturated heterocycles. The highest BCUT2D eigenvalue weighted by Crippen LogP contribution is 2.13. The molecule has 0 amide bonds. The Morgan fingerprint density at radius 3 is 1.80 bits per heavy atom. The van der Waals surface area contributed by atoms with Crippen molar-refractivity contribution in [3.05, 3.63) is 60.2 Å². The second-order valence-electron chi connectivity index (χ2n) is 7.33. The molecule has 4 rings (SSSR count). The van der Waals surface area contributed by atoms with Crippen LogP contribution in [0.4, 0.5) is 0 Å². The van der Waals surface area contributed by atoms with Gasteiger partial charge >= 0.3 is 23.9 Å². The minimum atomic E-state index is -1.82. The molecule has 1 aromatic carbocycles. The summed E-state index contributed by atoms with van der Waals surface area (Å²) in [6.07, 6.45) is 3.79. The number of aromatic nitrogens is 3. The van der Waals surface area contributed by atoms with Crippen LogP contribution in [0.25, 0.3) is 11.0 Å². The molecule has 2 aromatic heterocycles. The number of nitrogens with zero attached hydrogens (tertiary/aromatic N) is 4. The molecular formula is C22H25N5O8. The number of benzene rings is 1.